The molecule has 0 aliphatic heterocycles. The van der Waals surface area contributed by atoms with E-state index in [0.29, 0.717) is 10.7 Å². The molecule has 1 saturated carbocycles. The second-order valence-electron chi connectivity index (χ2n) is 7.90. The van der Waals surface area contributed by atoms with Crippen molar-refractivity contribution in [3.8, 4) is 0 Å². The molecular formula is C16H25ClN4OSi. The van der Waals surface area contributed by atoms with E-state index in [0.717, 1.165) is 18.5 Å². The zero-order valence-electron chi connectivity index (χ0n) is 14.5. The van der Waals surface area contributed by atoms with E-state index >= 15 is 0 Å². The summed E-state index contributed by atoms with van der Waals surface area (Å²) < 4.78 is 8.83. The van der Waals surface area contributed by atoms with Gasteiger partial charge in [0.25, 0.3) is 0 Å². The van der Waals surface area contributed by atoms with Crippen LogP contribution in [0.1, 0.15) is 46.1 Å². The van der Waals surface area contributed by atoms with Crippen LogP contribution in [0.4, 0.5) is 0 Å². The lowest BCUT2D eigenvalue weighted by Gasteiger charge is -2.40. The Morgan fingerprint density at radius 1 is 1.22 bits per heavy atom. The Labute approximate surface area is 143 Å². The molecule has 126 valence electrons. The van der Waals surface area contributed by atoms with Crippen LogP contribution in [0, 0.1) is 0 Å². The standard InChI is InChI=1S/C16H25ClN4OSi/c1-16(2,3)23(4,5)22-12-8-6-7-11(12)21-10-20-13-14(17)18-9-19-15(13)21/h9-12H,6-8H2,1-5H3/t11-,12+/m0/s1. The fraction of sp³-hybridized carbons (Fsp3) is 0.688. The fourth-order valence-corrected chi connectivity index (χ4v) is 4.55. The van der Waals surface area contributed by atoms with E-state index in [4.69, 9.17) is 16.0 Å². The lowest BCUT2D eigenvalue weighted by Crippen LogP contribution is -2.45. The summed E-state index contributed by atoms with van der Waals surface area (Å²) in [6.07, 6.45) is 6.91. The minimum atomic E-state index is -1.80. The van der Waals surface area contributed by atoms with Crippen LogP contribution >= 0.6 is 11.6 Å². The molecule has 0 aromatic carbocycles. The molecule has 3 rings (SSSR count). The van der Waals surface area contributed by atoms with Crippen molar-refractivity contribution in [1.82, 2.24) is 19.5 Å². The molecule has 0 unspecified atom stereocenters. The summed E-state index contributed by atoms with van der Waals surface area (Å²) in [5, 5.41) is 0.622. The van der Waals surface area contributed by atoms with Crippen molar-refractivity contribution < 1.29 is 4.43 Å². The largest absolute Gasteiger partial charge is 0.412 e. The average Bonchev–Trinajstić information content (AvgIpc) is 3.04. The minimum absolute atomic E-state index is 0.211. The molecule has 1 aliphatic carbocycles. The summed E-state index contributed by atoms with van der Waals surface area (Å²) in [5.41, 5.74) is 1.48. The zero-order valence-corrected chi connectivity index (χ0v) is 16.3. The van der Waals surface area contributed by atoms with Gasteiger partial charge < -0.3 is 8.99 Å². The first-order valence-corrected chi connectivity index (χ1v) is 11.5. The van der Waals surface area contributed by atoms with Crippen LogP contribution in [-0.2, 0) is 4.43 Å². The van der Waals surface area contributed by atoms with Crippen molar-refractivity contribution in [1.29, 1.82) is 0 Å². The quantitative estimate of drug-likeness (QED) is 0.598. The van der Waals surface area contributed by atoms with Gasteiger partial charge in [-0.1, -0.05) is 32.4 Å². The van der Waals surface area contributed by atoms with Gasteiger partial charge in [0.2, 0.25) is 0 Å². The molecule has 0 N–H and O–H groups in total. The van der Waals surface area contributed by atoms with Gasteiger partial charge in [-0.25, -0.2) is 15.0 Å². The van der Waals surface area contributed by atoms with Crippen molar-refractivity contribution >= 4 is 31.1 Å². The maximum atomic E-state index is 6.69. The summed E-state index contributed by atoms with van der Waals surface area (Å²) in [4.78, 5) is 12.8. The van der Waals surface area contributed by atoms with Crippen LogP contribution in [0.5, 0.6) is 0 Å². The summed E-state index contributed by atoms with van der Waals surface area (Å²) >= 11 is 6.13. The molecule has 2 aromatic rings. The molecule has 1 fully saturated rings. The van der Waals surface area contributed by atoms with E-state index in [9.17, 15) is 0 Å². The van der Waals surface area contributed by atoms with Crippen LogP contribution < -0.4 is 0 Å². The first-order chi connectivity index (χ1) is 10.7. The molecule has 2 heterocycles. The molecule has 0 bridgehead atoms. The fourth-order valence-electron chi connectivity index (χ4n) is 2.98. The molecule has 0 amide bonds. The third-order valence-electron chi connectivity index (χ3n) is 5.34. The van der Waals surface area contributed by atoms with E-state index in [-0.39, 0.29) is 17.2 Å². The summed E-state index contributed by atoms with van der Waals surface area (Å²) in [6, 6.07) is 0.278. The highest BCUT2D eigenvalue weighted by Gasteiger charge is 2.42. The molecule has 0 radical (unpaired) electrons. The summed E-state index contributed by atoms with van der Waals surface area (Å²) in [6.45, 7) is 11.5. The highest BCUT2D eigenvalue weighted by Crippen LogP contribution is 2.42. The highest BCUT2D eigenvalue weighted by atomic mass is 35.5. The number of rotatable bonds is 3. The molecule has 7 heteroatoms. The van der Waals surface area contributed by atoms with Crippen molar-refractivity contribution in [3.63, 3.8) is 0 Å². The van der Waals surface area contributed by atoms with E-state index in [2.05, 4.69) is 53.4 Å². The van der Waals surface area contributed by atoms with Gasteiger partial charge in [0.1, 0.15) is 11.8 Å². The Morgan fingerprint density at radius 3 is 2.65 bits per heavy atom. The molecule has 0 spiro atoms. The zero-order chi connectivity index (χ0) is 16.8. The summed E-state index contributed by atoms with van der Waals surface area (Å²) in [7, 11) is -1.80. The second kappa shape index (κ2) is 5.83. The topological polar surface area (TPSA) is 52.8 Å². The maximum absolute atomic E-state index is 6.69. The number of halogens is 1. The molecule has 5 nitrogen and oxygen atoms in total. The lowest BCUT2D eigenvalue weighted by molar-refractivity contribution is 0.145. The highest BCUT2D eigenvalue weighted by molar-refractivity contribution is 6.74. The first-order valence-electron chi connectivity index (χ1n) is 8.21. The van der Waals surface area contributed by atoms with Gasteiger partial charge in [-0.05, 0) is 37.4 Å². The van der Waals surface area contributed by atoms with Crippen LogP contribution in [0.3, 0.4) is 0 Å². The van der Waals surface area contributed by atoms with Gasteiger partial charge in [-0.3, -0.25) is 0 Å². The summed E-state index contributed by atoms with van der Waals surface area (Å²) in [5.74, 6) is 0. The van der Waals surface area contributed by atoms with Crippen LogP contribution in [0.2, 0.25) is 23.3 Å². The van der Waals surface area contributed by atoms with Crippen molar-refractivity contribution in [2.75, 3.05) is 0 Å². The number of aromatic nitrogens is 4. The Kier molecular flexibility index (Phi) is 4.27. The smallest absolute Gasteiger partial charge is 0.192 e. The number of imidazole rings is 1. The number of fused-ring (bicyclic) bond motifs is 1. The number of hydrogen-bond donors (Lipinski definition) is 0. The predicted molar refractivity (Wildman–Crippen MR) is 95.3 cm³/mol. The minimum Gasteiger partial charge on any atom is -0.412 e. The maximum Gasteiger partial charge on any atom is 0.192 e. The van der Waals surface area contributed by atoms with Crippen molar-refractivity contribution in [2.24, 2.45) is 0 Å². The first kappa shape index (κ1) is 16.9. The van der Waals surface area contributed by atoms with Crippen LogP contribution in [0.25, 0.3) is 11.2 Å². The normalized spacial score (nSPS) is 22.9. The predicted octanol–water partition coefficient (Wildman–Crippen LogP) is 4.60. The average molecular weight is 353 g/mol. The lowest BCUT2D eigenvalue weighted by atomic mass is 10.2. The van der Waals surface area contributed by atoms with E-state index in [1.165, 1.54) is 12.7 Å². The molecule has 23 heavy (non-hydrogen) atoms. The van der Waals surface area contributed by atoms with Gasteiger partial charge in [-0.2, -0.15) is 0 Å². The second-order valence-corrected chi connectivity index (χ2v) is 13.0. The molecule has 0 saturated heterocycles. The van der Waals surface area contributed by atoms with Gasteiger partial charge >= 0.3 is 0 Å². The third kappa shape index (κ3) is 3.04. The molecule has 1 aliphatic rings. The van der Waals surface area contributed by atoms with Gasteiger partial charge in [0, 0.05) is 0 Å². The number of hydrogen-bond acceptors (Lipinski definition) is 4. The Morgan fingerprint density at radius 2 is 1.96 bits per heavy atom. The SMILES string of the molecule is CC(C)(C)[Si](C)(C)O[C@@H]1CCC[C@@H]1n1cnc2c(Cl)ncnc21. The van der Waals surface area contributed by atoms with Crippen LogP contribution in [0.15, 0.2) is 12.7 Å². The monoisotopic (exact) mass is 352 g/mol. The van der Waals surface area contributed by atoms with E-state index in [1.54, 1.807) is 0 Å². The molecular weight excluding hydrogens is 328 g/mol. The number of nitrogens with zero attached hydrogens (tertiary/aromatic N) is 4. The van der Waals surface area contributed by atoms with E-state index in [1.807, 2.05) is 6.33 Å². The van der Waals surface area contributed by atoms with Crippen molar-refractivity contribution in [3.05, 3.63) is 17.8 Å². The van der Waals surface area contributed by atoms with Gasteiger partial charge in [0.05, 0.1) is 18.5 Å². The Bertz CT molecular complexity index is 710. The Hall–Kier alpha value is -0.983. The van der Waals surface area contributed by atoms with Crippen molar-refractivity contribution in [2.45, 2.75) is 70.3 Å². The molecule has 2 aromatic heterocycles. The van der Waals surface area contributed by atoms with E-state index < -0.39 is 8.32 Å². The van der Waals surface area contributed by atoms with Crippen LogP contribution in [-0.4, -0.2) is 33.9 Å². The molecule has 2 atom stereocenters. The Balaban J connectivity index is 1.91. The van der Waals surface area contributed by atoms with Gasteiger partial charge in [0.15, 0.2) is 19.1 Å². The van der Waals surface area contributed by atoms with Gasteiger partial charge in [-0.15, -0.1) is 0 Å². The third-order valence-corrected chi connectivity index (χ3v) is 10.1.